The number of aliphatic imine (C=N–C) groups is 1. The number of hydrogen-bond donors (Lipinski definition) is 2. The van der Waals surface area contributed by atoms with Gasteiger partial charge in [0.1, 0.15) is 12.2 Å². The van der Waals surface area contributed by atoms with Crippen LogP contribution >= 0.6 is 35.6 Å². The molecule has 136 valence electrons. The molecule has 6 nitrogen and oxygen atoms in total. The Morgan fingerprint density at radius 1 is 1.44 bits per heavy atom. The summed E-state index contributed by atoms with van der Waals surface area (Å²) in [5.74, 6) is 2.34. The number of guanidine groups is 1. The zero-order chi connectivity index (χ0) is 16.9. The molecule has 1 fully saturated rings. The third kappa shape index (κ3) is 5.31. The van der Waals surface area contributed by atoms with Gasteiger partial charge < -0.3 is 15.2 Å². The van der Waals surface area contributed by atoms with Gasteiger partial charge in [0.05, 0.1) is 0 Å². The Labute approximate surface area is 170 Å². The molecule has 1 saturated carbocycles. The Bertz CT molecular complexity index is 717. The summed E-state index contributed by atoms with van der Waals surface area (Å²) in [6, 6.07) is 8.50. The number of aryl methyl sites for hydroxylation is 1. The second-order valence-electron chi connectivity index (χ2n) is 5.94. The van der Waals surface area contributed by atoms with Crippen LogP contribution in [0, 0.1) is 0 Å². The van der Waals surface area contributed by atoms with E-state index in [-0.39, 0.29) is 24.0 Å². The van der Waals surface area contributed by atoms with Crippen LogP contribution in [-0.2, 0) is 13.0 Å². The molecule has 0 saturated heterocycles. The molecule has 3 rings (SSSR count). The maximum Gasteiger partial charge on any atom is 0.191 e. The van der Waals surface area contributed by atoms with E-state index in [2.05, 4.69) is 43.4 Å². The molecular weight excluding hydrogens is 451 g/mol. The lowest BCUT2D eigenvalue weighted by Gasteiger charge is -2.12. The highest BCUT2D eigenvalue weighted by Gasteiger charge is 2.39. The fourth-order valence-corrected chi connectivity index (χ4v) is 3.06. The molecule has 8 heteroatoms. The second kappa shape index (κ2) is 9.38. The summed E-state index contributed by atoms with van der Waals surface area (Å²) in [6.07, 6.45) is 3.76. The minimum atomic E-state index is 0. The third-order valence-corrected chi connectivity index (χ3v) is 4.51. The van der Waals surface area contributed by atoms with Crippen molar-refractivity contribution in [2.24, 2.45) is 4.99 Å². The van der Waals surface area contributed by atoms with E-state index < -0.39 is 0 Å². The van der Waals surface area contributed by atoms with Crippen LogP contribution in [0.15, 0.2) is 35.6 Å². The van der Waals surface area contributed by atoms with E-state index in [1.165, 1.54) is 5.56 Å². The Balaban J connectivity index is 0.00000225. The molecule has 25 heavy (non-hydrogen) atoms. The molecule has 0 aliphatic heterocycles. The smallest absolute Gasteiger partial charge is 0.191 e. The Morgan fingerprint density at radius 3 is 3.00 bits per heavy atom. The lowest BCUT2D eigenvalue weighted by molar-refractivity contribution is 0.631. The molecule has 1 aromatic carbocycles. The minimum Gasteiger partial charge on any atom is -0.355 e. The summed E-state index contributed by atoms with van der Waals surface area (Å²) in [7, 11) is 1.79. The predicted octanol–water partition coefficient (Wildman–Crippen LogP) is 2.83. The molecule has 2 unspecified atom stereocenters. The van der Waals surface area contributed by atoms with Crippen molar-refractivity contribution in [3.05, 3.63) is 47.0 Å². The SMILES string of the molecule is CCc1nncn1CCNC(=NC)NC1CC1c1cccc(Cl)c1.I. The summed E-state index contributed by atoms with van der Waals surface area (Å²) in [5.41, 5.74) is 1.28. The number of halogens is 2. The average Bonchev–Trinajstić information content (AvgIpc) is 3.21. The van der Waals surface area contributed by atoms with E-state index >= 15 is 0 Å². The standard InChI is InChI=1S/C17H23ClN6.HI/c1-3-16-23-21-11-24(16)8-7-20-17(19-2)22-15-10-14(15)12-5-4-6-13(18)9-12;/h4-6,9,11,14-15H,3,7-8,10H2,1-2H3,(H2,19,20,22);1H. The largest absolute Gasteiger partial charge is 0.355 e. The quantitative estimate of drug-likeness (QED) is 0.384. The first-order valence-corrected chi connectivity index (χ1v) is 8.68. The van der Waals surface area contributed by atoms with E-state index in [0.29, 0.717) is 12.0 Å². The first-order valence-electron chi connectivity index (χ1n) is 8.30. The number of nitrogens with zero attached hydrogens (tertiary/aromatic N) is 4. The molecule has 1 aliphatic carbocycles. The highest BCUT2D eigenvalue weighted by molar-refractivity contribution is 14.0. The molecule has 1 aliphatic rings. The molecule has 1 aromatic heterocycles. The maximum absolute atomic E-state index is 6.07. The average molecular weight is 475 g/mol. The summed E-state index contributed by atoms with van der Waals surface area (Å²) >= 11 is 6.07. The second-order valence-corrected chi connectivity index (χ2v) is 6.38. The Morgan fingerprint density at radius 2 is 2.28 bits per heavy atom. The monoisotopic (exact) mass is 474 g/mol. The number of rotatable bonds is 6. The predicted molar refractivity (Wildman–Crippen MR) is 112 cm³/mol. The van der Waals surface area contributed by atoms with Gasteiger partial charge in [0.15, 0.2) is 5.96 Å². The molecule has 2 aromatic rings. The van der Waals surface area contributed by atoms with E-state index in [1.54, 1.807) is 13.4 Å². The maximum atomic E-state index is 6.07. The van der Waals surface area contributed by atoms with Gasteiger partial charge in [-0.2, -0.15) is 0 Å². The van der Waals surface area contributed by atoms with Crippen LogP contribution in [0.2, 0.25) is 5.02 Å². The minimum absolute atomic E-state index is 0. The molecule has 2 atom stereocenters. The lowest BCUT2D eigenvalue weighted by Crippen LogP contribution is -2.40. The van der Waals surface area contributed by atoms with Gasteiger partial charge in [-0.25, -0.2) is 0 Å². The molecule has 0 bridgehead atoms. The summed E-state index contributed by atoms with van der Waals surface area (Å²) in [5, 5.41) is 15.7. The molecule has 0 spiro atoms. The number of nitrogens with one attached hydrogen (secondary N) is 2. The van der Waals surface area contributed by atoms with Gasteiger partial charge in [0, 0.05) is 43.5 Å². The summed E-state index contributed by atoms with van der Waals surface area (Å²) in [6.45, 7) is 3.68. The Kier molecular flexibility index (Phi) is 7.49. The normalized spacial score (nSPS) is 19.2. The van der Waals surface area contributed by atoms with Gasteiger partial charge in [-0.1, -0.05) is 30.7 Å². The molecule has 1 heterocycles. The van der Waals surface area contributed by atoms with Crippen LogP contribution in [0.25, 0.3) is 0 Å². The van der Waals surface area contributed by atoms with Crippen LogP contribution in [0.1, 0.15) is 30.7 Å². The Hall–Kier alpha value is -1.35. The number of aromatic nitrogens is 3. The highest BCUT2D eigenvalue weighted by atomic mass is 127. The van der Waals surface area contributed by atoms with Gasteiger partial charge >= 0.3 is 0 Å². The summed E-state index contributed by atoms with van der Waals surface area (Å²) in [4.78, 5) is 4.30. The topological polar surface area (TPSA) is 67.1 Å². The molecule has 2 N–H and O–H groups in total. The van der Waals surface area contributed by atoms with Gasteiger partial charge in [-0.3, -0.25) is 4.99 Å². The van der Waals surface area contributed by atoms with E-state index in [0.717, 1.165) is 42.7 Å². The van der Waals surface area contributed by atoms with Crippen molar-refractivity contribution in [3.63, 3.8) is 0 Å². The van der Waals surface area contributed by atoms with E-state index in [4.69, 9.17) is 11.6 Å². The van der Waals surface area contributed by atoms with E-state index in [1.807, 2.05) is 18.2 Å². The number of benzene rings is 1. The van der Waals surface area contributed by atoms with E-state index in [9.17, 15) is 0 Å². The van der Waals surface area contributed by atoms with Crippen LogP contribution < -0.4 is 10.6 Å². The first kappa shape index (κ1) is 20.0. The zero-order valence-corrected chi connectivity index (χ0v) is 17.5. The lowest BCUT2D eigenvalue weighted by atomic mass is 10.1. The van der Waals surface area contributed by atoms with Gasteiger partial charge in [0.25, 0.3) is 0 Å². The van der Waals surface area contributed by atoms with Crippen molar-refractivity contribution in [1.82, 2.24) is 25.4 Å². The van der Waals surface area contributed by atoms with Crippen molar-refractivity contribution >= 4 is 41.5 Å². The van der Waals surface area contributed by atoms with Gasteiger partial charge in [-0.05, 0) is 24.1 Å². The van der Waals surface area contributed by atoms with Crippen LogP contribution in [-0.4, -0.2) is 40.4 Å². The third-order valence-electron chi connectivity index (χ3n) is 4.27. The van der Waals surface area contributed by atoms with Crippen molar-refractivity contribution in [2.75, 3.05) is 13.6 Å². The van der Waals surface area contributed by atoms with Crippen LogP contribution in [0.5, 0.6) is 0 Å². The molecule has 0 amide bonds. The van der Waals surface area contributed by atoms with Crippen molar-refractivity contribution in [1.29, 1.82) is 0 Å². The fraction of sp³-hybridized carbons (Fsp3) is 0.471. The van der Waals surface area contributed by atoms with Gasteiger partial charge in [0.2, 0.25) is 0 Å². The van der Waals surface area contributed by atoms with Crippen molar-refractivity contribution in [2.45, 2.75) is 38.3 Å². The summed E-state index contributed by atoms with van der Waals surface area (Å²) < 4.78 is 2.06. The molecule has 0 radical (unpaired) electrons. The molecular formula is C17H24ClIN6. The van der Waals surface area contributed by atoms with Gasteiger partial charge in [-0.15, -0.1) is 34.2 Å². The zero-order valence-electron chi connectivity index (χ0n) is 14.4. The van der Waals surface area contributed by atoms with Crippen LogP contribution in [0.3, 0.4) is 0 Å². The van der Waals surface area contributed by atoms with Crippen molar-refractivity contribution in [3.8, 4) is 0 Å². The number of hydrogen-bond acceptors (Lipinski definition) is 3. The highest BCUT2D eigenvalue weighted by Crippen LogP contribution is 2.41. The fourth-order valence-electron chi connectivity index (χ4n) is 2.86. The van der Waals surface area contributed by atoms with Crippen LogP contribution in [0.4, 0.5) is 0 Å². The van der Waals surface area contributed by atoms with Crippen molar-refractivity contribution < 1.29 is 0 Å². The first-order chi connectivity index (χ1) is 11.7.